The van der Waals surface area contributed by atoms with E-state index in [-0.39, 0.29) is 0 Å². The van der Waals surface area contributed by atoms with E-state index in [0.717, 1.165) is 49.6 Å². The fourth-order valence-electron chi connectivity index (χ4n) is 8.66. The van der Waals surface area contributed by atoms with Crippen molar-refractivity contribution in [2.24, 2.45) is 0 Å². The van der Waals surface area contributed by atoms with Gasteiger partial charge in [-0.05, 0) is 68.6 Å². The molecule has 5 heteroatoms. The van der Waals surface area contributed by atoms with Gasteiger partial charge in [-0.25, -0.2) is 4.98 Å². The number of rotatable bonds is 5. The predicted molar refractivity (Wildman–Crippen MR) is 255 cm³/mol. The molecule has 0 fully saturated rings. The zero-order valence-electron chi connectivity index (χ0n) is 33.2. The Labute approximate surface area is 351 Å². The van der Waals surface area contributed by atoms with Crippen LogP contribution in [-0.2, 0) is 0 Å². The zero-order chi connectivity index (χ0) is 40.2. The Morgan fingerprint density at radius 2 is 0.983 bits per heavy atom. The minimum absolute atomic E-state index is 0.574. The average molecular weight is 787 g/mol. The van der Waals surface area contributed by atoms with Gasteiger partial charge in [-0.2, -0.15) is 9.97 Å². The Morgan fingerprint density at radius 3 is 1.82 bits per heavy atom. The van der Waals surface area contributed by atoms with Gasteiger partial charge in [0.05, 0.1) is 11.0 Å². The van der Waals surface area contributed by atoms with E-state index in [1.165, 1.54) is 47.3 Å². The highest BCUT2D eigenvalue weighted by molar-refractivity contribution is 7.25. The summed E-state index contributed by atoms with van der Waals surface area (Å²) < 4.78 is 4.85. The summed E-state index contributed by atoms with van der Waals surface area (Å²) in [5, 5.41) is 9.58. The molecular formula is C55H38N4S. The van der Waals surface area contributed by atoms with E-state index < -0.39 is 0 Å². The Balaban J connectivity index is 0.00000201. The van der Waals surface area contributed by atoms with Crippen LogP contribution in [0.4, 0.5) is 0 Å². The molecule has 9 aromatic carbocycles. The molecule has 3 heterocycles. The minimum Gasteiger partial charge on any atom is -0.277 e. The van der Waals surface area contributed by atoms with Crippen molar-refractivity contribution in [2.75, 3.05) is 0 Å². The fraction of sp³-hybridized carbons (Fsp3) is 0.0364. The van der Waals surface area contributed by atoms with Crippen LogP contribution >= 0.6 is 11.3 Å². The van der Waals surface area contributed by atoms with Gasteiger partial charge in [0.1, 0.15) is 0 Å². The van der Waals surface area contributed by atoms with Crippen LogP contribution in [-0.4, -0.2) is 19.5 Å². The third-order valence-corrected chi connectivity index (χ3v) is 12.6. The van der Waals surface area contributed by atoms with Crippen molar-refractivity contribution in [3.05, 3.63) is 194 Å². The van der Waals surface area contributed by atoms with Crippen molar-refractivity contribution < 1.29 is 0 Å². The van der Waals surface area contributed by atoms with E-state index in [9.17, 15) is 0 Å². The molecule has 0 bridgehead atoms. The molecule has 0 radical (unpaired) electrons. The maximum absolute atomic E-state index is 5.38. The van der Waals surface area contributed by atoms with Crippen LogP contribution in [0.1, 0.15) is 13.8 Å². The van der Waals surface area contributed by atoms with Gasteiger partial charge < -0.3 is 0 Å². The third kappa shape index (κ3) is 5.93. The summed E-state index contributed by atoms with van der Waals surface area (Å²) in [6, 6.07) is 69.2. The first-order chi connectivity index (χ1) is 29.7. The normalized spacial score (nSPS) is 11.5. The van der Waals surface area contributed by atoms with Gasteiger partial charge in [0, 0.05) is 47.6 Å². The van der Waals surface area contributed by atoms with Crippen LogP contribution in [0.25, 0.3) is 115 Å². The van der Waals surface area contributed by atoms with Crippen molar-refractivity contribution in [3.63, 3.8) is 0 Å². The number of para-hydroxylation sites is 1. The number of hydrogen-bond acceptors (Lipinski definition) is 4. The summed E-state index contributed by atoms with van der Waals surface area (Å²) in [5.74, 6) is 1.81. The molecule has 0 N–H and O–H groups in total. The molecule has 0 atom stereocenters. The average Bonchev–Trinajstić information content (AvgIpc) is 3.88. The van der Waals surface area contributed by atoms with Gasteiger partial charge in [-0.1, -0.05) is 178 Å². The second-order valence-electron chi connectivity index (χ2n) is 14.8. The molecule has 0 unspecified atom stereocenters. The first-order valence-corrected chi connectivity index (χ1v) is 21.3. The van der Waals surface area contributed by atoms with Crippen molar-refractivity contribution in [1.29, 1.82) is 0 Å². The first-order valence-electron chi connectivity index (χ1n) is 20.5. The predicted octanol–water partition coefficient (Wildman–Crippen LogP) is 15.3. The van der Waals surface area contributed by atoms with Crippen LogP contribution in [0.2, 0.25) is 0 Å². The van der Waals surface area contributed by atoms with E-state index in [1.54, 1.807) is 0 Å². The molecular weight excluding hydrogens is 749 g/mol. The van der Waals surface area contributed by atoms with Crippen LogP contribution in [0.3, 0.4) is 0 Å². The van der Waals surface area contributed by atoms with E-state index >= 15 is 0 Å². The standard InChI is InChI=1S/C53H32N4S.C2H6/c1-2-11-33(12-3-1)35-21-24-37(25-22-35)51-54-52(40-26-23-34-13-4-5-15-38(34)31-40)56-53(55-51)57-46-29-27-36-14-6-7-16-41(36)49(46)44-19-10-18-42(50(44)57)39-28-30-48-45(32-39)43-17-8-9-20-47(43)58-48;1-2/h1-32H;1-2H3. The molecule has 0 aliphatic carbocycles. The lowest BCUT2D eigenvalue weighted by Crippen LogP contribution is -2.07. The molecule has 0 aliphatic rings. The number of aromatic nitrogens is 4. The molecule has 12 aromatic rings. The summed E-state index contributed by atoms with van der Waals surface area (Å²) in [5.41, 5.74) is 8.55. The zero-order valence-corrected chi connectivity index (χ0v) is 34.0. The molecule has 60 heavy (non-hydrogen) atoms. The van der Waals surface area contributed by atoms with E-state index in [1.807, 2.05) is 31.3 Å². The van der Waals surface area contributed by atoms with Crippen molar-refractivity contribution >= 4 is 74.9 Å². The van der Waals surface area contributed by atoms with Crippen molar-refractivity contribution in [2.45, 2.75) is 13.8 Å². The maximum Gasteiger partial charge on any atom is 0.238 e. The largest absolute Gasteiger partial charge is 0.277 e. The number of nitrogens with zero attached hydrogens (tertiary/aromatic N) is 4. The molecule has 0 saturated carbocycles. The second-order valence-corrected chi connectivity index (χ2v) is 15.9. The van der Waals surface area contributed by atoms with Gasteiger partial charge in [0.2, 0.25) is 5.95 Å². The smallest absolute Gasteiger partial charge is 0.238 e. The highest BCUT2D eigenvalue weighted by Gasteiger charge is 2.22. The Kier molecular flexibility index (Phi) is 8.75. The molecule has 3 aromatic heterocycles. The summed E-state index contributed by atoms with van der Waals surface area (Å²) in [7, 11) is 0. The minimum atomic E-state index is 0.574. The molecule has 0 spiro atoms. The summed E-state index contributed by atoms with van der Waals surface area (Å²) in [6.07, 6.45) is 0. The van der Waals surface area contributed by atoms with Crippen LogP contribution in [0, 0.1) is 0 Å². The number of thiophene rings is 1. The molecule has 12 rings (SSSR count). The lowest BCUT2D eigenvalue weighted by atomic mass is 9.98. The maximum atomic E-state index is 5.38. The lowest BCUT2D eigenvalue weighted by molar-refractivity contribution is 0.954. The van der Waals surface area contributed by atoms with Gasteiger partial charge in [0.15, 0.2) is 11.6 Å². The molecule has 284 valence electrons. The topological polar surface area (TPSA) is 43.6 Å². The quantitative estimate of drug-likeness (QED) is 0.174. The summed E-state index contributed by atoms with van der Waals surface area (Å²) in [6.45, 7) is 4.00. The second kappa shape index (κ2) is 14.7. The van der Waals surface area contributed by atoms with Gasteiger partial charge in [-0.3, -0.25) is 4.57 Å². The van der Waals surface area contributed by atoms with E-state index in [2.05, 4.69) is 193 Å². The molecule has 0 saturated heterocycles. The summed E-state index contributed by atoms with van der Waals surface area (Å²) in [4.78, 5) is 16.0. The Hall–Kier alpha value is -7.47. The number of benzene rings is 9. The van der Waals surface area contributed by atoms with Crippen LogP contribution < -0.4 is 0 Å². The molecule has 0 aliphatic heterocycles. The van der Waals surface area contributed by atoms with E-state index in [0.29, 0.717) is 17.6 Å². The Bertz CT molecular complexity index is 3560. The summed E-state index contributed by atoms with van der Waals surface area (Å²) >= 11 is 1.84. The lowest BCUT2D eigenvalue weighted by Gasteiger charge is -2.13. The van der Waals surface area contributed by atoms with Crippen LogP contribution in [0.5, 0.6) is 0 Å². The Morgan fingerprint density at radius 1 is 0.383 bits per heavy atom. The highest BCUT2D eigenvalue weighted by Crippen LogP contribution is 2.43. The van der Waals surface area contributed by atoms with Gasteiger partial charge in [-0.15, -0.1) is 11.3 Å². The first kappa shape index (κ1) is 35.7. The number of fused-ring (bicyclic) bond motifs is 9. The van der Waals surface area contributed by atoms with Crippen LogP contribution in [0.15, 0.2) is 194 Å². The van der Waals surface area contributed by atoms with Crippen molar-refractivity contribution in [3.8, 4) is 51.0 Å². The van der Waals surface area contributed by atoms with Crippen molar-refractivity contribution in [1.82, 2.24) is 19.5 Å². The molecule has 0 amide bonds. The van der Waals surface area contributed by atoms with Gasteiger partial charge >= 0.3 is 0 Å². The molecule has 4 nitrogen and oxygen atoms in total. The third-order valence-electron chi connectivity index (χ3n) is 11.4. The monoisotopic (exact) mass is 786 g/mol. The SMILES string of the molecule is CC.c1ccc(-c2ccc(-c3nc(-c4ccc5ccccc5c4)nc(-n4c5ccc6ccccc6c5c5cccc(-c6ccc7sc8ccccc8c7c6)c54)n3)cc2)cc1. The highest BCUT2D eigenvalue weighted by atomic mass is 32.1. The number of hydrogen-bond donors (Lipinski definition) is 0. The van der Waals surface area contributed by atoms with Gasteiger partial charge in [0.25, 0.3) is 0 Å². The fourth-order valence-corrected chi connectivity index (χ4v) is 9.75. The van der Waals surface area contributed by atoms with E-state index in [4.69, 9.17) is 15.0 Å².